The summed E-state index contributed by atoms with van der Waals surface area (Å²) in [5, 5.41) is 8.88. The van der Waals surface area contributed by atoms with Gasteiger partial charge in [0.2, 0.25) is 23.6 Å². The van der Waals surface area contributed by atoms with E-state index in [0.29, 0.717) is 13.0 Å². The predicted octanol–water partition coefficient (Wildman–Crippen LogP) is 3.19. The minimum Gasteiger partial charge on any atom is -0.467 e. The summed E-state index contributed by atoms with van der Waals surface area (Å²) in [7, 11) is 7.81. The maximum absolute atomic E-state index is 14.2. The van der Waals surface area contributed by atoms with Crippen LogP contribution < -0.4 is 16.0 Å². The van der Waals surface area contributed by atoms with Gasteiger partial charge in [-0.3, -0.25) is 19.2 Å². The molecule has 1 saturated heterocycles. The molecule has 2 rings (SSSR count). The van der Waals surface area contributed by atoms with Gasteiger partial charge in [0.05, 0.1) is 49.8 Å². The SMILES string of the molecule is CC[C@H](C)[C@@H]([C@@H](CC(=O)N1CCC[C@H]1[C@H](OC)[C@@H](C)C(=O)N[C@@H](Cc1ccccc1)C(=O)OC)OC)N(C)C(=O)[C@@H](NC(=O)[C@@H](NC)C(C)C)C(C)C. The van der Waals surface area contributed by atoms with Crippen LogP contribution in [-0.2, 0) is 44.6 Å². The Hall–Kier alpha value is -3.55. The summed E-state index contributed by atoms with van der Waals surface area (Å²) in [6.45, 7) is 14.0. The molecule has 53 heavy (non-hydrogen) atoms. The van der Waals surface area contributed by atoms with Crippen LogP contribution in [0.1, 0.15) is 79.7 Å². The van der Waals surface area contributed by atoms with Gasteiger partial charge in [-0.1, -0.05) is 85.2 Å². The highest BCUT2D eigenvalue weighted by Gasteiger charge is 2.43. The normalized spacial score (nSPS) is 19.1. The zero-order valence-electron chi connectivity index (χ0n) is 34.1. The van der Waals surface area contributed by atoms with Crippen molar-refractivity contribution < 1.29 is 38.2 Å². The lowest BCUT2D eigenvalue weighted by molar-refractivity contribution is -0.148. The number of ether oxygens (including phenoxy) is 3. The number of amides is 4. The molecular weight excluding hydrogens is 678 g/mol. The van der Waals surface area contributed by atoms with E-state index < -0.39 is 48.3 Å². The smallest absolute Gasteiger partial charge is 0.328 e. The van der Waals surface area contributed by atoms with E-state index in [2.05, 4.69) is 16.0 Å². The Morgan fingerprint density at radius 1 is 0.887 bits per heavy atom. The number of hydrogen-bond acceptors (Lipinski definition) is 9. The standard InChI is InChI=1S/C40H67N5O8/c1-13-26(6)35(44(9)39(49)34(25(4)5)43-38(48)33(41-8)24(2)3)31(51-10)23-32(46)45-21-17-20-30(45)36(52-11)27(7)37(47)42-29(40(50)53-12)22-28-18-15-14-16-19-28/h14-16,18-19,24-27,29-31,33-36,41H,13,17,20-23H2,1-12H3,(H,42,47)(H,43,48)/t26-,27+,29-,30-,31+,33-,34-,35-,36+/m0/s1. The van der Waals surface area contributed by atoms with Crippen molar-refractivity contribution in [2.24, 2.45) is 23.7 Å². The highest BCUT2D eigenvalue weighted by Crippen LogP contribution is 2.30. The number of rotatable bonds is 21. The van der Waals surface area contributed by atoms with Gasteiger partial charge >= 0.3 is 5.97 Å². The maximum Gasteiger partial charge on any atom is 0.328 e. The van der Waals surface area contributed by atoms with Gasteiger partial charge in [0.15, 0.2) is 0 Å². The van der Waals surface area contributed by atoms with E-state index in [1.54, 1.807) is 37.9 Å². The molecule has 1 aliphatic rings. The Morgan fingerprint density at radius 3 is 2.02 bits per heavy atom. The largest absolute Gasteiger partial charge is 0.467 e. The van der Waals surface area contributed by atoms with Crippen molar-refractivity contribution in [1.29, 1.82) is 0 Å². The molecule has 1 aromatic rings. The molecule has 3 N–H and O–H groups in total. The van der Waals surface area contributed by atoms with Crippen LogP contribution in [0.5, 0.6) is 0 Å². The van der Waals surface area contributed by atoms with E-state index in [1.807, 2.05) is 71.9 Å². The number of benzene rings is 1. The number of nitrogens with zero attached hydrogens (tertiary/aromatic N) is 2. The van der Waals surface area contributed by atoms with Crippen LogP contribution >= 0.6 is 0 Å². The van der Waals surface area contributed by atoms with Crippen molar-refractivity contribution in [3.63, 3.8) is 0 Å². The van der Waals surface area contributed by atoms with Crippen molar-refractivity contribution in [2.75, 3.05) is 42.0 Å². The highest BCUT2D eigenvalue weighted by molar-refractivity contribution is 5.90. The average molecular weight is 746 g/mol. The maximum atomic E-state index is 14.2. The van der Waals surface area contributed by atoms with Crippen LogP contribution in [0.3, 0.4) is 0 Å². The minimum absolute atomic E-state index is 0.00596. The van der Waals surface area contributed by atoms with Crippen molar-refractivity contribution in [2.45, 2.75) is 123 Å². The van der Waals surface area contributed by atoms with Gasteiger partial charge in [-0.25, -0.2) is 4.79 Å². The van der Waals surface area contributed by atoms with Crippen LogP contribution in [-0.4, -0.2) is 124 Å². The fraction of sp³-hybridized carbons (Fsp3) is 0.725. The molecular formula is C40H67N5O8. The van der Waals surface area contributed by atoms with E-state index in [1.165, 1.54) is 14.2 Å². The molecule has 300 valence electrons. The van der Waals surface area contributed by atoms with E-state index in [4.69, 9.17) is 14.2 Å². The number of hydrogen-bond donors (Lipinski definition) is 3. The third kappa shape index (κ3) is 12.2. The summed E-state index contributed by atoms with van der Waals surface area (Å²) >= 11 is 0. The summed E-state index contributed by atoms with van der Waals surface area (Å²) in [5.41, 5.74) is 0.875. The van der Waals surface area contributed by atoms with Gasteiger partial charge in [0, 0.05) is 34.2 Å². The fourth-order valence-electron chi connectivity index (χ4n) is 7.54. The number of carbonyl (C=O) groups is 5. The lowest BCUT2D eigenvalue weighted by Crippen LogP contribution is -2.59. The third-order valence-corrected chi connectivity index (χ3v) is 10.8. The first kappa shape index (κ1) is 45.6. The molecule has 1 fully saturated rings. The van der Waals surface area contributed by atoms with E-state index >= 15 is 0 Å². The lowest BCUT2D eigenvalue weighted by Gasteiger charge is -2.41. The monoisotopic (exact) mass is 745 g/mol. The number of carbonyl (C=O) groups excluding carboxylic acids is 5. The molecule has 0 saturated carbocycles. The molecule has 13 nitrogen and oxygen atoms in total. The molecule has 0 unspecified atom stereocenters. The second-order valence-corrected chi connectivity index (χ2v) is 15.1. The third-order valence-electron chi connectivity index (χ3n) is 10.8. The van der Waals surface area contributed by atoms with Crippen molar-refractivity contribution in [3.05, 3.63) is 35.9 Å². The summed E-state index contributed by atoms with van der Waals surface area (Å²) < 4.78 is 16.9. The van der Waals surface area contributed by atoms with E-state index in [9.17, 15) is 24.0 Å². The predicted molar refractivity (Wildman–Crippen MR) is 205 cm³/mol. The molecule has 0 spiro atoms. The molecule has 0 radical (unpaired) electrons. The van der Waals surface area contributed by atoms with Crippen LogP contribution in [0.25, 0.3) is 0 Å². The Morgan fingerprint density at radius 2 is 1.51 bits per heavy atom. The fourth-order valence-corrected chi connectivity index (χ4v) is 7.54. The number of nitrogens with one attached hydrogen (secondary N) is 3. The first-order chi connectivity index (χ1) is 25.1. The summed E-state index contributed by atoms with van der Waals surface area (Å²) in [6, 6.07) is 6.41. The second kappa shape index (κ2) is 22.0. The first-order valence-corrected chi connectivity index (χ1v) is 19.1. The second-order valence-electron chi connectivity index (χ2n) is 15.1. The topological polar surface area (TPSA) is 156 Å². The van der Waals surface area contributed by atoms with E-state index in [-0.39, 0.29) is 60.3 Å². The summed E-state index contributed by atoms with van der Waals surface area (Å²) in [5.74, 6) is -2.47. The molecule has 0 aromatic heterocycles. The zero-order chi connectivity index (χ0) is 40.0. The minimum atomic E-state index is -0.889. The highest BCUT2D eigenvalue weighted by atomic mass is 16.5. The Balaban J connectivity index is 2.27. The number of methoxy groups -OCH3 is 3. The van der Waals surface area contributed by atoms with Gasteiger partial charge in [0.1, 0.15) is 12.1 Å². The Bertz CT molecular complexity index is 1330. The molecule has 4 amide bonds. The van der Waals surface area contributed by atoms with Gasteiger partial charge in [-0.05, 0) is 43.2 Å². The first-order valence-electron chi connectivity index (χ1n) is 19.1. The summed E-state index contributed by atoms with van der Waals surface area (Å²) in [4.78, 5) is 71.2. The van der Waals surface area contributed by atoms with Gasteiger partial charge in [-0.2, -0.15) is 0 Å². The molecule has 0 aliphatic carbocycles. The van der Waals surface area contributed by atoms with E-state index in [0.717, 1.165) is 18.4 Å². The number of esters is 1. The van der Waals surface area contributed by atoms with Gasteiger partial charge in [0.25, 0.3) is 0 Å². The number of likely N-dealkylation sites (N-methyl/N-ethyl adjacent to an activating group) is 2. The Kier molecular flexibility index (Phi) is 18.9. The lowest BCUT2D eigenvalue weighted by atomic mass is 9.89. The van der Waals surface area contributed by atoms with Crippen LogP contribution in [0.4, 0.5) is 0 Å². The molecule has 1 aliphatic heterocycles. The number of likely N-dealkylation sites (tertiary alicyclic amines) is 1. The van der Waals surface area contributed by atoms with Crippen molar-refractivity contribution in [3.8, 4) is 0 Å². The van der Waals surface area contributed by atoms with Gasteiger partial charge < -0.3 is 40.0 Å². The molecule has 0 bridgehead atoms. The molecule has 9 atom stereocenters. The van der Waals surface area contributed by atoms with Crippen LogP contribution in [0, 0.1) is 23.7 Å². The Labute approximate surface area is 317 Å². The van der Waals surface area contributed by atoms with Crippen molar-refractivity contribution >= 4 is 29.6 Å². The molecule has 1 heterocycles. The zero-order valence-corrected chi connectivity index (χ0v) is 34.1. The summed E-state index contributed by atoms with van der Waals surface area (Å²) in [6.07, 6.45) is 1.08. The quantitative estimate of drug-likeness (QED) is 0.161. The van der Waals surface area contributed by atoms with Crippen LogP contribution in [0.2, 0.25) is 0 Å². The molecule has 1 aromatic carbocycles. The van der Waals surface area contributed by atoms with Gasteiger partial charge in [-0.15, -0.1) is 0 Å². The average Bonchev–Trinajstić information content (AvgIpc) is 3.62. The van der Waals surface area contributed by atoms with Crippen LogP contribution in [0.15, 0.2) is 30.3 Å². The molecule has 13 heteroatoms. The van der Waals surface area contributed by atoms with Crippen molar-refractivity contribution in [1.82, 2.24) is 25.8 Å².